The van der Waals surface area contributed by atoms with E-state index in [1.165, 1.54) is 12.2 Å². The van der Waals surface area contributed by atoms with Crippen LogP contribution in [-0.2, 0) is 6.42 Å². The molecule has 2 atom stereocenters. The summed E-state index contributed by atoms with van der Waals surface area (Å²) in [5.41, 5.74) is 0. The van der Waals surface area contributed by atoms with Crippen molar-refractivity contribution in [2.75, 3.05) is 12.3 Å². The number of nitrogens with one attached hydrogen (secondary N) is 1. The van der Waals surface area contributed by atoms with Crippen LogP contribution in [0.15, 0.2) is 4.52 Å². The van der Waals surface area contributed by atoms with Crippen LogP contribution in [0.2, 0.25) is 0 Å². The molecule has 0 aromatic carbocycles. The van der Waals surface area contributed by atoms with Crippen molar-refractivity contribution in [3.05, 3.63) is 11.7 Å². The van der Waals surface area contributed by atoms with E-state index in [0.717, 1.165) is 29.9 Å². The number of hydrogen-bond acceptors (Lipinski definition) is 5. The molecule has 1 aromatic heterocycles. The Morgan fingerprint density at radius 2 is 2.47 bits per heavy atom. The second-order valence-electron chi connectivity index (χ2n) is 3.91. The summed E-state index contributed by atoms with van der Waals surface area (Å²) in [7, 11) is 0. The Morgan fingerprint density at radius 1 is 1.60 bits per heavy atom. The third-order valence-corrected chi connectivity index (χ3v) is 4.02. The van der Waals surface area contributed by atoms with Crippen LogP contribution >= 0.6 is 11.8 Å². The van der Waals surface area contributed by atoms with Gasteiger partial charge >= 0.3 is 0 Å². The van der Waals surface area contributed by atoms with E-state index in [9.17, 15) is 0 Å². The van der Waals surface area contributed by atoms with Crippen molar-refractivity contribution in [1.82, 2.24) is 15.5 Å². The van der Waals surface area contributed by atoms with E-state index in [1.807, 2.05) is 18.7 Å². The molecule has 0 spiro atoms. The minimum Gasteiger partial charge on any atom is -0.339 e. The van der Waals surface area contributed by atoms with Gasteiger partial charge in [0.05, 0.1) is 0 Å². The molecule has 4 nitrogen and oxygen atoms in total. The molecular weight excluding hydrogens is 210 g/mol. The average molecular weight is 227 g/mol. The molecule has 5 heteroatoms. The molecule has 2 rings (SSSR count). The number of aryl methyl sites for hydroxylation is 1. The Kier molecular flexibility index (Phi) is 3.64. The van der Waals surface area contributed by atoms with Crippen LogP contribution in [0, 0.1) is 6.92 Å². The molecule has 1 fully saturated rings. The first-order valence-electron chi connectivity index (χ1n) is 5.40. The van der Waals surface area contributed by atoms with Gasteiger partial charge in [0.1, 0.15) is 0 Å². The molecule has 1 aliphatic heterocycles. The molecule has 0 aliphatic carbocycles. The van der Waals surface area contributed by atoms with E-state index in [1.54, 1.807) is 0 Å². The minimum absolute atomic E-state index is 0.652. The summed E-state index contributed by atoms with van der Waals surface area (Å²) < 4.78 is 5.05. The summed E-state index contributed by atoms with van der Waals surface area (Å²) in [6, 6.07) is 0.652. The first-order chi connectivity index (χ1) is 7.25. The third kappa shape index (κ3) is 2.95. The first kappa shape index (κ1) is 11.0. The second-order valence-corrected chi connectivity index (χ2v) is 5.40. The molecule has 15 heavy (non-hydrogen) atoms. The molecule has 1 N–H and O–H groups in total. The highest BCUT2D eigenvalue weighted by atomic mass is 32.2. The van der Waals surface area contributed by atoms with E-state index < -0.39 is 0 Å². The molecule has 1 aliphatic rings. The SMILES string of the molecule is Cc1noc(CCNC2CCSC2C)n1. The summed E-state index contributed by atoms with van der Waals surface area (Å²) in [6.45, 7) is 5.06. The van der Waals surface area contributed by atoms with Crippen LogP contribution in [0.1, 0.15) is 25.1 Å². The monoisotopic (exact) mass is 227 g/mol. The summed E-state index contributed by atoms with van der Waals surface area (Å²) in [5.74, 6) is 2.73. The molecule has 0 saturated carbocycles. The van der Waals surface area contributed by atoms with Gasteiger partial charge in [0.2, 0.25) is 5.89 Å². The molecule has 2 heterocycles. The Labute approximate surface area is 94.2 Å². The molecule has 0 bridgehead atoms. The van der Waals surface area contributed by atoms with Crippen molar-refractivity contribution in [3.8, 4) is 0 Å². The smallest absolute Gasteiger partial charge is 0.227 e. The molecule has 1 aromatic rings. The number of thioether (sulfide) groups is 1. The van der Waals surface area contributed by atoms with Gasteiger partial charge in [-0.3, -0.25) is 0 Å². The average Bonchev–Trinajstić information content (AvgIpc) is 2.77. The van der Waals surface area contributed by atoms with Crippen molar-refractivity contribution >= 4 is 11.8 Å². The van der Waals surface area contributed by atoms with Gasteiger partial charge in [-0.15, -0.1) is 0 Å². The number of nitrogens with zero attached hydrogens (tertiary/aromatic N) is 2. The van der Waals surface area contributed by atoms with Crippen molar-refractivity contribution in [2.45, 2.75) is 38.0 Å². The highest BCUT2D eigenvalue weighted by Gasteiger charge is 2.22. The first-order valence-corrected chi connectivity index (χ1v) is 6.45. The van der Waals surface area contributed by atoms with Gasteiger partial charge in [-0.05, 0) is 19.1 Å². The van der Waals surface area contributed by atoms with Gasteiger partial charge in [-0.2, -0.15) is 16.7 Å². The predicted octanol–water partition coefficient (Wildman–Crippen LogP) is 1.40. The van der Waals surface area contributed by atoms with Gasteiger partial charge in [0, 0.05) is 24.3 Å². The maximum absolute atomic E-state index is 5.05. The zero-order valence-electron chi connectivity index (χ0n) is 9.19. The van der Waals surface area contributed by atoms with Gasteiger partial charge < -0.3 is 9.84 Å². The topological polar surface area (TPSA) is 51.0 Å². The Morgan fingerprint density at radius 3 is 3.07 bits per heavy atom. The second kappa shape index (κ2) is 4.99. The third-order valence-electron chi connectivity index (χ3n) is 2.69. The zero-order chi connectivity index (χ0) is 10.7. The van der Waals surface area contributed by atoms with Gasteiger partial charge in [-0.25, -0.2) is 0 Å². The van der Waals surface area contributed by atoms with Crippen LogP contribution in [0.25, 0.3) is 0 Å². The standard InChI is InChI=1S/C10H17N3OS/c1-7-9(4-6-15-7)11-5-3-10-12-8(2)13-14-10/h7,9,11H,3-6H2,1-2H3. The normalized spacial score (nSPS) is 26.0. The zero-order valence-corrected chi connectivity index (χ0v) is 10.0. The molecular formula is C10H17N3OS. The summed E-state index contributed by atoms with van der Waals surface area (Å²) >= 11 is 2.04. The number of aromatic nitrogens is 2. The lowest BCUT2D eigenvalue weighted by Gasteiger charge is -2.15. The fourth-order valence-corrected chi connectivity index (χ4v) is 3.03. The number of rotatable bonds is 4. The van der Waals surface area contributed by atoms with E-state index >= 15 is 0 Å². The lowest BCUT2D eigenvalue weighted by atomic mass is 10.2. The van der Waals surface area contributed by atoms with Crippen LogP contribution in [0.3, 0.4) is 0 Å². The van der Waals surface area contributed by atoms with Gasteiger partial charge in [0.15, 0.2) is 5.82 Å². The van der Waals surface area contributed by atoms with Crippen LogP contribution < -0.4 is 5.32 Å². The molecule has 0 amide bonds. The molecule has 1 saturated heterocycles. The minimum atomic E-state index is 0.652. The fourth-order valence-electron chi connectivity index (χ4n) is 1.81. The van der Waals surface area contributed by atoms with Gasteiger partial charge in [0.25, 0.3) is 0 Å². The predicted molar refractivity (Wildman–Crippen MR) is 61.1 cm³/mol. The Balaban J connectivity index is 1.70. The highest BCUT2D eigenvalue weighted by Crippen LogP contribution is 2.25. The summed E-state index contributed by atoms with van der Waals surface area (Å²) in [4.78, 5) is 4.17. The molecule has 2 unspecified atom stereocenters. The maximum atomic E-state index is 5.05. The Bertz CT molecular complexity index is 315. The van der Waals surface area contributed by atoms with Crippen LogP contribution in [-0.4, -0.2) is 33.7 Å². The molecule has 84 valence electrons. The van der Waals surface area contributed by atoms with E-state index in [-0.39, 0.29) is 0 Å². The largest absolute Gasteiger partial charge is 0.339 e. The van der Waals surface area contributed by atoms with Crippen molar-refractivity contribution in [3.63, 3.8) is 0 Å². The van der Waals surface area contributed by atoms with Crippen molar-refractivity contribution < 1.29 is 4.52 Å². The fraction of sp³-hybridized carbons (Fsp3) is 0.800. The van der Waals surface area contributed by atoms with Crippen LogP contribution in [0.4, 0.5) is 0 Å². The quantitative estimate of drug-likeness (QED) is 0.842. The van der Waals surface area contributed by atoms with Crippen molar-refractivity contribution in [1.29, 1.82) is 0 Å². The summed E-state index contributed by atoms with van der Waals surface area (Å²) in [6.07, 6.45) is 2.10. The van der Waals surface area contributed by atoms with Gasteiger partial charge in [-0.1, -0.05) is 12.1 Å². The highest BCUT2D eigenvalue weighted by molar-refractivity contribution is 8.00. The lowest BCUT2D eigenvalue weighted by molar-refractivity contribution is 0.368. The van der Waals surface area contributed by atoms with E-state index in [2.05, 4.69) is 22.4 Å². The maximum Gasteiger partial charge on any atom is 0.227 e. The van der Waals surface area contributed by atoms with Crippen LogP contribution in [0.5, 0.6) is 0 Å². The summed E-state index contributed by atoms with van der Waals surface area (Å²) in [5, 5.41) is 8.04. The molecule has 0 radical (unpaired) electrons. The van der Waals surface area contributed by atoms with E-state index in [4.69, 9.17) is 4.52 Å². The van der Waals surface area contributed by atoms with Crippen molar-refractivity contribution in [2.24, 2.45) is 0 Å². The van der Waals surface area contributed by atoms with E-state index in [0.29, 0.717) is 6.04 Å². The lowest BCUT2D eigenvalue weighted by Crippen LogP contribution is -2.34. The number of hydrogen-bond donors (Lipinski definition) is 1. The Hall–Kier alpha value is -0.550.